The number of carbonyl (C=O) groups excluding carboxylic acids is 1. The van der Waals surface area contributed by atoms with Gasteiger partial charge in [-0.25, -0.2) is 0 Å². The van der Waals surface area contributed by atoms with Gasteiger partial charge in [-0.3, -0.25) is 4.79 Å². The Hall–Kier alpha value is -0.650. The first-order valence-corrected chi connectivity index (χ1v) is 5.80. The number of carbonyl (C=O) groups is 1. The summed E-state index contributed by atoms with van der Waals surface area (Å²) in [6.07, 6.45) is 2.94. The van der Waals surface area contributed by atoms with Crippen molar-refractivity contribution in [2.75, 3.05) is 40.0 Å². The van der Waals surface area contributed by atoms with Crippen molar-refractivity contribution in [2.24, 2.45) is 11.1 Å². The minimum Gasteiger partial charge on any atom is -0.382 e. The van der Waals surface area contributed by atoms with E-state index in [9.17, 15) is 4.79 Å². The van der Waals surface area contributed by atoms with E-state index in [0.717, 1.165) is 19.3 Å². The van der Waals surface area contributed by atoms with Crippen LogP contribution in [0.15, 0.2) is 0 Å². The third-order valence-electron chi connectivity index (χ3n) is 3.15. The molecule has 0 atom stereocenters. The van der Waals surface area contributed by atoms with Gasteiger partial charge >= 0.3 is 0 Å². The molecule has 0 spiro atoms. The maximum atomic E-state index is 11.8. The van der Waals surface area contributed by atoms with Gasteiger partial charge in [0, 0.05) is 20.2 Å². The molecule has 3 N–H and O–H groups in total. The van der Waals surface area contributed by atoms with E-state index in [2.05, 4.69) is 5.32 Å². The van der Waals surface area contributed by atoms with Crippen LogP contribution in [0.1, 0.15) is 19.3 Å². The molecule has 0 heterocycles. The lowest BCUT2D eigenvalue weighted by Crippen LogP contribution is -2.50. The lowest BCUT2D eigenvalue weighted by atomic mass is 9.68. The predicted octanol–water partition coefficient (Wildman–Crippen LogP) is -0.105. The highest BCUT2D eigenvalue weighted by Crippen LogP contribution is 2.39. The van der Waals surface area contributed by atoms with Crippen molar-refractivity contribution < 1.29 is 14.3 Å². The lowest BCUT2D eigenvalue weighted by Gasteiger charge is -2.39. The van der Waals surface area contributed by atoms with E-state index in [1.807, 2.05) is 0 Å². The Morgan fingerprint density at radius 2 is 2.12 bits per heavy atom. The number of amides is 1. The molecular weight excluding hydrogens is 208 g/mol. The Labute approximate surface area is 96.7 Å². The van der Waals surface area contributed by atoms with Crippen LogP contribution in [-0.4, -0.2) is 45.9 Å². The van der Waals surface area contributed by atoms with E-state index in [0.29, 0.717) is 32.9 Å². The van der Waals surface area contributed by atoms with Crippen LogP contribution >= 0.6 is 0 Å². The number of nitrogens with one attached hydrogen (secondary N) is 1. The molecule has 0 aliphatic heterocycles. The van der Waals surface area contributed by atoms with Crippen molar-refractivity contribution in [1.29, 1.82) is 0 Å². The van der Waals surface area contributed by atoms with E-state index in [1.165, 1.54) is 0 Å². The predicted molar refractivity (Wildman–Crippen MR) is 61.0 cm³/mol. The highest BCUT2D eigenvalue weighted by molar-refractivity contribution is 5.83. The zero-order chi connectivity index (χ0) is 11.9. The summed E-state index contributed by atoms with van der Waals surface area (Å²) in [5, 5.41) is 2.87. The fourth-order valence-corrected chi connectivity index (χ4v) is 1.80. The molecule has 0 saturated heterocycles. The van der Waals surface area contributed by atoms with Gasteiger partial charge in [-0.2, -0.15) is 0 Å². The van der Waals surface area contributed by atoms with Gasteiger partial charge in [0.2, 0.25) is 5.91 Å². The van der Waals surface area contributed by atoms with E-state index in [-0.39, 0.29) is 11.3 Å². The molecule has 1 rings (SSSR count). The van der Waals surface area contributed by atoms with Crippen LogP contribution in [0.2, 0.25) is 0 Å². The minimum absolute atomic E-state index is 0.0802. The van der Waals surface area contributed by atoms with E-state index in [4.69, 9.17) is 15.2 Å². The van der Waals surface area contributed by atoms with Gasteiger partial charge < -0.3 is 20.5 Å². The van der Waals surface area contributed by atoms with E-state index < -0.39 is 0 Å². The van der Waals surface area contributed by atoms with Crippen LogP contribution in [0.3, 0.4) is 0 Å². The Kier molecular flexibility index (Phi) is 5.73. The summed E-state index contributed by atoms with van der Waals surface area (Å²) in [4.78, 5) is 11.8. The van der Waals surface area contributed by atoms with Gasteiger partial charge in [-0.05, 0) is 12.8 Å². The maximum absolute atomic E-state index is 11.8. The monoisotopic (exact) mass is 230 g/mol. The Bertz CT molecular complexity index is 212. The SMILES string of the molecule is COCCOCCNC(=O)C1(CN)CCC1. The highest BCUT2D eigenvalue weighted by Gasteiger charge is 2.42. The molecule has 0 radical (unpaired) electrons. The average molecular weight is 230 g/mol. The molecule has 0 aromatic rings. The standard InChI is InChI=1S/C11H22N2O3/c1-15-7-8-16-6-5-13-10(14)11(9-12)3-2-4-11/h2-9,12H2,1H3,(H,13,14). The summed E-state index contributed by atoms with van der Waals surface area (Å²) in [7, 11) is 1.63. The van der Waals surface area contributed by atoms with Crippen LogP contribution in [0, 0.1) is 5.41 Å². The van der Waals surface area contributed by atoms with Crippen LogP contribution in [-0.2, 0) is 14.3 Å². The summed E-state index contributed by atoms with van der Waals surface area (Å²) in [5.41, 5.74) is 5.35. The van der Waals surface area contributed by atoms with Crippen molar-refractivity contribution >= 4 is 5.91 Å². The van der Waals surface area contributed by atoms with Crippen LogP contribution in [0.5, 0.6) is 0 Å². The number of hydrogen-bond acceptors (Lipinski definition) is 4. The number of nitrogens with two attached hydrogens (primary N) is 1. The maximum Gasteiger partial charge on any atom is 0.227 e. The molecule has 1 fully saturated rings. The fourth-order valence-electron chi connectivity index (χ4n) is 1.80. The molecule has 5 nitrogen and oxygen atoms in total. The molecule has 5 heteroatoms. The number of methoxy groups -OCH3 is 1. The van der Waals surface area contributed by atoms with E-state index in [1.54, 1.807) is 7.11 Å². The summed E-state index contributed by atoms with van der Waals surface area (Å²) in [6.45, 7) is 2.67. The number of hydrogen-bond donors (Lipinski definition) is 2. The van der Waals surface area contributed by atoms with Crippen molar-refractivity contribution in [3.05, 3.63) is 0 Å². The molecule has 1 aliphatic carbocycles. The first kappa shape index (κ1) is 13.4. The molecule has 0 aromatic carbocycles. The highest BCUT2D eigenvalue weighted by atomic mass is 16.5. The van der Waals surface area contributed by atoms with Crippen LogP contribution in [0.25, 0.3) is 0 Å². The molecule has 1 amide bonds. The smallest absolute Gasteiger partial charge is 0.227 e. The molecule has 0 unspecified atom stereocenters. The minimum atomic E-state index is -0.285. The molecular formula is C11H22N2O3. The van der Waals surface area contributed by atoms with Crippen LogP contribution in [0.4, 0.5) is 0 Å². The van der Waals surface area contributed by atoms with Crippen molar-refractivity contribution in [2.45, 2.75) is 19.3 Å². The molecule has 94 valence electrons. The number of rotatable bonds is 8. The third kappa shape index (κ3) is 3.43. The largest absolute Gasteiger partial charge is 0.382 e. The second kappa shape index (κ2) is 6.83. The molecule has 16 heavy (non-hydrogen) atoms. The lowest BCUT2D eigenvalue weighted by molar-refractivity contribution is -0.135. The normalized spacial score (nSPS) is 17.9. The van der Waals surface area contributed by atoms with Crippen molar-refractivity contribution in [3.63, 3.8) is 0 Å². The Morgan fingerprint density at radius 3 is 2.62 bits per heavy atom. The van der Waals surface area contributed by atoms with E-state index >= 15 is 0 Å². The van der Waals surface area contributed by atoms with Crippen LogP contribution < -0.4 is 11.1 Å². The zero-order valence-corrected chi connectivity index (χ0v) is 9.96. The topological polar surface area (TPSA) is 73.6 Å². The van der Waals surface area contributed by atoms with Gasteiger partial charge in [-0.1, -0.05) is 6.42 Å². The van der Waals surface area contributed by atoms with Crippen molar-refractivity contribution in [1.82, 2.24) is 5.32 Å². The zero-order valence-electron chi connectivity index (χ0n) is 9.96. The fraction of sp³-hybridized carbons (Fsp3) is 0.909. The number of ether oxygens (including phenoxy) is 2. The Morgan fingerprint density at radius 1 is 1.38 bits per heavy atom. The van der Waals surface area contributed by atoms with Gasteiger partial charge in [0.1, 0.15) is 0 Å². The van der Waals surface area contributed by atoms with Gasteiger partial charge in [0.25, 0.3) is 0 Å². The van der Waals surface area contributed by atoms with Crippen molar-refractivity contribution in [3.8, 4) is 0 Å². The molecule has 1 aliphatic rings. The molecule has 0 bridgehead atoms. The van der Waals surface area contributed by atoms with Gasteiger partial charge in [-0.15, -0.1) is 0 Å². The first-order valence-electron chi connectivity index (χ1n) is 5.80. The molecule has 1 saturated carbocycles. The summed E-state index contributed by atoms with van der Waals surface area (Å²) >= 11 is 0. The quantitative estimate of drug-likeness (QED) is 0.571. The first-order chi connectivity index (χ1) is 7.75. The van der Waals surface area contributed by atoms with Gasteiger partial charge in [0.15, 0.2) is 0 Å². The Balaban J connectivity index is 2.06. The summed E-state index contributed by atoms with van der Waals surface area (Å²) < 4.78 is 10.1. The second-order valence-electron chi connectivity index (χ2n) is 4.20. The van der Waals surface area contributed by atoms with Gasteiger partial charge in [0.05, 0.1) is 25.2 Å². The molecule has 0 aromatic heterocycles. The summed E-state index contributed by atoms with van der Waals surface area (Å²) in [5.74, 6) is 0.0802. The second-order valence-corrected chi connectivity index (χ2v) is 4.20. The summed E-state index contributed by atoms with van der Waals surface area (Å²) in [6, 6.07) is 0. The third-order valence-corrected chi connectivity index (χ3v) is 3.15. The average Bonchev–Trinajstić information content (AvgIpc) is 2.22.